The molecule has 0 aliphatic carbocycles. The Bertz CT molecular complexity index is 1110. The second-order valence-corrected chi connectivity index (χ2v) is 9.37. The van der Waals surface area contributed by atoms with Gasteiger partial charge in [-0.1, -0.05) is 69.3 Å². The number of tetrazole rings is 1. The van der Waals surface area contributed by atoms with E-state index in [0.29, 0.717) is 17.6 Å². The molecule has 0 saturated heterocycles. The largest absolute Gasteiger partial charge is 0.246 e. The number of aryl methyl sites for hydroxylation is 1. The van der Waals surface area contributed by atoms with Gasteiger partial charge in [-0.3, -0.25) is 0 Å². The predicted molar refractivity (Wildman–Crippen MR) is 125 cm³/mol. The Balaban J connectivity index is 1.48. The highest BCUT2D eigenvalue weighted by Gasteiger charge is 2.21. The fourth-order valence-electron chi connectivity index (χ4n) is 3.49. The number of aromatic nitrogens is 7. The van der Waals surface area contributed by atoms with E-state index >= 15 is 0 Å². The molecular weight excluding hydrogens is 406 g/mol. The Morgan fingerprint density at radius 2 is 1.77 bits per heavy atom. The molecule has 0 bridgehead atoms. The minimum atomic E-state index is 0.169. The van der Waals surface area contributed by atoms with Gasteiger partial charge in [0.25, 0.3) is 0 Å². The lowest BCUT2D eigenvalue weighted by Crippen LogP contribution is -2.22. The van der Waals surface area contributed by atoms with E-state index < -0.39 is 0 Å². The quantitative estimate of drug-likeness (QED) is 0.421. The van der Waals surface area contributed by atoms with Gasteiger partial charge < -0.3 is 0 Å². The van der Waals surface area contributed by atoms with Gasteiger partial charge in [-0.05, 0) is 39.0 Å². The lowest BCUT2D eigenvalue weighted by molar-refractivity contribution is 0.379. The van der Waals surface area contributed by atoms with Crippen LogP contribution in [0.15, 0.2) is 54.9 Å². The first-order valence-corrected chi connectivity index (χ1v) is 10.9. The van der Waals surface area contributed by atoms with E-state index in [4.69, 9.17) is 12.6 Å². The van der Waals surface area contributed by atoms with Crippen LogP contribution < -0.4 is 0 Å². The summed E-state index contributed by atoms with van der Waals surface area (Å²) in [5.41, 5.74) is 4.50. The highest BCUT2D eigenvalue weighted by atomic mass is 32.1. The summed E-state index contributed by atoms with van der Waals surface area (Å²) in [6.07, 6.45) is 3.47. The third-order valence-electron chi connectivity index (χ3n) is 5.46. The van der Waals surface area contributed by atoms with Gasteiger partial charge in [0.2, 0.25) is 0 Å². The SMILES string of the molecule is CC(C)(C)C(S)CCc1ncnn1Cc1ccc(-c2ccccc2-c2nnn[nH]2)cc1. The topological polar surface area (TPSA) is 85.2 Å². The second-order valence-electron chi connectivity index (χ2n) is 8.75. The number of rotatable bonds is 7. The average molecular weight is 434 g/mol. The standard InChI is InChI=1S/C23H27N7S/c1-23(2,3)20(31)12-13-21-24-15-25-30(21)14-16-8-10-17(11-9-16)18-6-4-5-7-19(18)22-26-28-29-27-22/h4-11,15,20,31H,12-14H2,1-3H3,(H,26,27,28,29). The molecule has 4 aromatic rings. The Morgan fingerprint density at radius 3 is 2.45 bits per heavy atom. The number of thiol groups is 1. The summed E-state index contributed by atoms with van der Waals surface area (Å²) in [5.74, 6) is 1.65. The van der Waals surface area contributed by atoms with Gasteiger partial charge in [0, 0.05) is 17.2 Å². The zero-order valence-corrected chi connectivity index (χ0v) is 18.9. The fourth-order valence-corrected chi connectivity index (χ4v) is 3.62. The lowest BCUT2D eigenvalue weighted by atomic mass is 9.89. The van der Waals surface area contributed by atoms with Crippen molar-refractivity contribution in [3.63, 3.8) is 0 Å². The van der Waals surface area contributed by atoms with Crippen molar-refractivity contribution >= 4 is 12.6 Å². The van der Waals surface area contributed by atoms with Crippen LogP contribution in [0.1, 0.15) is 38.6 Å². The first-order chi connectivity index (χ1) is 14.9. The third kappa shape index (κ3) is 5.02. The molecule has 0 saturated carbocycles. The van der Waals surface area contributed by atoms with Crippen LogP contribution in [0.2, 0.25) is 0 Å². The van der Waals surface area contributed by atoms with Gasteiger partial charge in [-0.2, -0.15) is 17.7 Å². The van der Waals surface area contributed by atoms with E-state index in [1.165, 1.54) is 5.56 Å². The van der Waals surface area contributed by atoms with Crippen LogP contribution in [-0.4, -0.2) is 40.6 Å². The molecule has 0 spiro atoms. The molecule has 0 aliphatic rings. The van der Waals surface area contributed by atoms with Gasteiger partial charge in [0.15, 0.2) is 5.82 Å². The lowest BCUT2D eigenvalue weighted by Gasteiger charge is -2.26. The number of hydrogen-bond donors (Lipinski definition) is 2. The summed E-state index contributed by atoms with van der Waals surface area (Å²) >= 11 is 4.76. The molecule has 0 radical (unpaired) electrons. The van der Waals surface area contributed by atoms with Gasteiger partial charge in [0.05, 0.1) is 6.54 Å². The fraction of sp³-hybridized carbons (Fsp3) is 0.348. The van der Waals surface area contributed by atoms with Crippen molar-refractivity contribution in [3.05, 3.63) is 66.2 Å². The molecule has 1 N–H and O–H groups in total. The smallest absolute Gasteiger partial charge is 0.180 e. The zero-order valence-electron chi connectivity index (χ0n) is 18.0. The van der Waals surface area contributed by atoms with Crippen molar-refractivity contribution in [3.8, 4) is 22.5 Å². The van der Waals surface area contributed by atoms with E-state index in [0.717, 1.165) is 35.4 Å². The predicted octanol–water partition coefficient (Wildman–Crippen LogP) is 4.45. The van der Waals surface area contributed by atoms with Crippen molar-refractivity contribution in [2.45, 2.75) is 45.4 Å². The van der Waals surface area contributed by atoms with Gasteiger partial charge in [-0.25, -0.2) is 14.8 Å². The van der Waals surface area contributed by atoms with Crippen molar-refractivity contribution in [2.75, 3.05) is 0 Å². The molecule has 4 rings (SSSR count). The zero-order chi connectivity index (χ0) is 21.8. The van der Waals surface area contributed by atoms with Crippen LogP contribution in [0.5, 0.6) is 0 Å². The Kier molecular flexibility index (Phi) is 6.18. The van der Waals surface area contributed by atoms with Crippen LogP contribution in [0, 0.1) is 5.41 Å². The summed E-state index contributed by atoms with van der Waals surface area (Å²) in [6.45, 7) is 7.34. The number of nitrogens with one attached hydrogen (secondary N) is 1. The van der Waals surface area contributed by atoms with Gasteiger partial charge in [-0.15, -0.1) is 5.10 Å². The summed E-state index contributed by atoms with van der Waals surface area (Å²) in [7, 11) is 0. The van der Waals surface area contributed by atoms with E-state index in [1.54, 1.807) is 6.33 Å². The monoisotopic (exact) mass is 433 g/mol. The van der Waals surface area contributed by atoms with Crippen LogP contribution in [0.3, 0.4) is 0 Å². The molecule has 2 aromatic carbocycles. The second kappa shape index (κ2) is 9.01. The molecule has 31 heavy (non-hydrogen) atoms. The summed E-state index contributed by atoms with van der Waals surface area (Å²) in [6, 6.07) is 16.6. The number of hydrogen-bond acceptors (Lipinski definition) is 6. The molecule has 0 amide bonds. The first kappa shape index (κ1) is 21.2. The molecule has 160 valence electrons. The summed E-state index contributed by atoms with van der Waals surface area (Å²) in [5, 5.41) is 19.0. The molecule has 8 heteroatoms. The van der Waals surface area contributed by atoms with E-state index in [2.05, 4.69) is 81.8 Å². The minimum Gasteiger partial charge on any atom is -0.246 e. The Labute approximate surface area is 187 Å². The molecule has 2 heterocycles. The molecule has 0 fully saturated rings. The first-order valence-electron chi connectivity index (χ1n) is 10.4. The maximum Gasteiger partial charge on any atom is 0.180 e. The molecule has 7 nitrogen and oxygen atoms in total. The molecule has 2 aromatic heterocycles. The normalized spacial score (nSPS) is 12.8. The number of benzene rings is 2. The average Bonchev–Trinajstić information content (AvgIpc) is 3.44. The maximum absolute atomic E-state index is 4.76. The number of aromatic amines is 1. The number of H-pyrrole nitrogens is 1. The van der Waals surface area contributed by atoms with Crippen LogP contribution in [-0.2, 0) is 13.0 Å². The third-order valence-corrected chi connectivity index (χ3v) is 6.49. The molecule has 0 aliphatic heterocycles. The Morgan fingerprint density at radius 1 is 1.03 bits per heavy atom. The highest BCUT2D eigenvalue weighted by molar-refractivity contribution is 7.81. The van der Waals surface area contributed by atoms with Crippen LogP contribution in [0.25, 0.3) is 22.5 Å². The van der Waals surface area contributed by atoms with Crippen LogP contribution in [0.4, 0.5) is 0 Å². The Hall–Kier alpha value is -3.00. The molecule has 1 unspecified atom stereocenters. The van der Waals surface area contributed by atoms with E-state index in [-0.39, 0.29) is 5.41 Å². The van der Waals surface area contributed by atoms with E-state index in [9.17, 15) is 0 Å². The van der Waals surface area contributed by atoms with Crippen molar-refractivity contribution < 1.29 is 0 Å². The van der Waals surface area contributed by atoms with E-state index in [1.807, 2.05) is 22.9 Å². The maximum atomic E-state index is 4.76. The van der Waals surface area contributed by atoms with Gasteiger partial charge in [0.1, 0.15) is 12.2 Å². The molecular formula is C23H27N7S. The van der Waals surface area contributed by atoms with Gasteiger partial charge >= 0.3 is 0 Å². The number of nitrogens with zero attached hydrogens (tertiary/aromatic N) is 6. The van der Waals surface area contributed by atoms with Crippen molar-refractivity contribution in [1.29, 1.82) is 0 Å². The van der Waals surface area contributed by atoms with Crippen molar-refractivity contribution in [2.24, 2.45) is 5.41 Å². The summed E-state index contributed by atoms with van der Waals surface area (Å²) < 4.78 is 1.98. The summed E-state index contributed by atoms with van der Waals surface area (Å²) in [4.78, 5) is 4.47. The highest BCUT2D eigenvalue weighted by Crippen LogP contribution is 2.30. The molecule has 1 atom stereocenters. The van der Waals surface area contributed by atoms with Crippen LogP contribution >= 0.6 is 12.6 Å². The minimum absolute atomic E-state index is 0.169. The van der Waals surface area contributed by atoms with Crippen molar-refractivity contribution in [1.82, 2.24) is 35.4 Å².